The molecule has 2 aliphatic rings. The zero-order valence-corrected chi connectivity index (χ0v) is 32.1. The highest BCUT2D eigenvalue weighted by Gasteiger charge is 2.49. The molecule has 10 aromatic carbocycles. The second kappa shape index (κ2) is 14.1. The molecule has 1 atom stereocenters. The highest BCUT2D eigenvalue weighted by Crippen LogP contribution is 2.62. The molecule has 13 rings (SSSR count). The Morgan fingerprint density at radius 1 is 0.444 bits per heavy atom. The van der Waals surface area contributed by atoms with E-state index < -0.39 is 339 Å². The van der Waals surface area contributed by atoms with Gasteiger partial charge in [0.15, 0.2) is 0 Å². The van der Waals surface area contributed by atoms with Crippen molar-refractivity contribution in [2.24, 2.45) is 0 Å². The average molecular weight is 860 g/mol. The Hall–Kier alpha value is -7.79. The fourth-order valence-electron chi connectivity index (χ4n) is 7.70. The Balaban J connectivity index is 1.20. The molecule has 3 nitrogen and oxygen atoms in total. The number of hydrogen-bond donors (Lipinski definition) is 0. The summed E-state index contributed by atoms with van der Waals surface area (Å²) in [5.41, 5.74) is -14.4. The molecule has 1 unspecified atom stereocenters. The van der Waals surface area contributed by atoms with E-state index in [-0.39, 0.29) is 0 Å². The smallest absolute Gasteiger partial charge is 0.143 e. The van der Waals surface area contributed by atoms with Crippen LogP contribution in [0.15, 0.2) is 238 Å². The summed E-state index contributed by atoms with van der Waals surface area (Å²) >= 11 is 0.310. The van der Waals surface area contributed by atoms with Gasteiger partial charge in [0.05, 0.1) is 54.8 Å². The van der Waals surface area contributed by atoms with Crippen molar-refractivity contribution in [1.82, 2.24) is 0 Å². The van der Waals surface area contributed by atoms with Gasteiger partial charge in [-0.3, -0.25) is 0 Å². The molecule has 0 saturated heterocycles. The van der Waals surface area contributed by atoms with Crippen molar-refractivity contribution in [1.29, 1.82) is 0 Å². The topological polar surface area (TPSA) is 25.6 Å². The summed E-state index contributed by atoms with van der Waals surface area (Å²) < 4.78 is 345. The van der Waals surface area contributed by atoms with E-state index in [4.69, 9.17) is 31.1 Å². The molecule has 0 amide bonds. The van der Waals surface area contributed by atoms with E-state index in [0.29, 0.717) is 16.7 Å². The van der Waals surface area contributed by atoms with Crippen molar-refractivity contribution in [3.63, 3.8) is 0 Å². The molecule has 0 saturated carbocycles. The third kappa shape index (κ3) is 5.48. The standard InChI is InChI=1S/C59H37NO2S/c1-2-13-38(14-3-1)39-25-30-42(31-26-39)60(44-34-36-53-48(37-44)47-35-29-40-15-4-5-16-45(40)57(47)62-53)43-32-27-41(28-33-43)46-17-12-21-52-58(46)63-56-24-11-8-20-51(56)59(52)49-18-6-9-22-54(49)61-55-23-10-7-19-50(55)59/h1-37H/i1D,2D,3D,4D,5D,6D,7D,8D,9D,10D,11D,12D,13D,14D,15D,16D,17D,18D,20D,21D,22D,23D,24D,25D,26D,27D,28D,29D,30D,31D,32D,33D,34D,35D,36D,37D. The largest absolute Gasteiger partial charge is 0.457 e. The first-order valence-electron chi connectivity index (χ1n) is 36.5. The maximum Gasteiger partial charge on any atom is 0.143 e. The highest BCUT2D eigenvalue weighted by atomic mass is 32.2. The average Bonchev–Trinajstić information content (AvgIpc) is 1.16. The van der Waals surface area contributed by atoms with Crippen LogP contribution >= 0.6 is 11.8 Å². The number of ether oxygens (including phenoxy) is 1. The summed E-state index contributed by atoms with van der Waals surface area (Å²) in [7, 11) is 0. The van der Waals surface area contributed by atoms with Crippen LogP contribution in [0.25, 0.3) is 55.0 Å². The molecule has 2 aliphatic heterocycles. The number of furan rings is 1. The zero-order valence-electron chi connectivity index (χ0n) is 67.2. The van der Waals surface area contributed by atoms with Gasteiger partial charge in [0.2, 0.25) is 0 Å². The summed E-state index contributed by atoms with van der Waals surface area (Å²) in [5, 5.41) is -2.43. The maximum absolute atomic E-state index is 10.1. The second-order valence-electron chi connectivity index (χ2n) is 13.6. The molecular formula is C59H37NO2S. The minimum Gasteiger partial charge on any atom is -0.457 e. The molecule has 3 heterocycles. The van der Waals surface area contributed by atoms with Crippen LogP contribution in [0.1, 0.15) is 71.6 Å². The number of hydrogen-bond acceptors (Lipinski definition) is 4. The second-order valence-corrected chi connectivity index (χ2v) is 14.6. The lowest BCUT2D eigenvalue weighted by molar-refractivity contribution is 0.431. The lowest BCUT2D eigenvalue weighted by atomic mass is 9.63. The van der Waals surface area contributed by atoms with Crippen LogP contribution in [0.2, 0.25) is 0 Å². The normalized spacial score (nSPS) is 22.8. The van der Waals surface area contributed by atoms with E-state index in [1.165, 1.54) is 0 Å². The minimum absolute atomic E-state index is 0.310. The van der Waals surface area contributed by atoms with Crippen molar-refractivity contribution in [3.05, 3.63) is 246 Å². The summed E-state index contributed by atoms with van der Waals surface area (Å²) in [6, 6.07) is -36.9. The van der Waals surface area contributed by atoms with Crippen molar-refractivity contribution in [2.45, 2.75) is 15.2 Å². The molecule has 1 aromatic heterocycles. The predicted molar refractivity (Wildman–Crippen MR) is 259 cm³/mol. The van der Waals surface area contributed by atoms with Gasteiger partial charge < -0.3 is 14.1 Å². The Bertz CT molecular complexity index is 5620. The van der Waals surface area contributed by atoms with Gasteiger partial charge in [0.25, 0.3) is 0 Å². The fourth-order valence-corrected chi connectivity index (χ4v) is 8.88. The number of para-hydroxylation sites is 2. The molecule has 0 radical (unpaired) electrons. The van der Waals surface area contributed by atoms with Crippen molar-refractivity contribution in [2.75, 3.05) is 4.90 Å². The molecule has 296 valence electrons. The van der Waals surface area contributed by atoms with Gasteiger partial charge in [-0.1, -0.05) is 169 Å². The van der Waals surface area contributed by atoms with E-state index >= 15 is 0 Å². The van der Waals surface area contributed by atoms with Crippen LogP contribution < -0.4 is 9.64 Å². The lowest BCUT2D eigenvalue weighted by Gasteiger charge is -2.45. The lowest BCUT2D eigenvalue weighted by Crippen LogP contribution is -2.36. The van der Waals surface area contributed by atoms with E-state index in [2.05, 4.69) is 0 Å². The Morgan fingerprint density at radius 3 is 1.94 bits per heavy atom. The van der Waals surface area contributed by atoms with Gasteiger partial charge in [0.1, 0.15) is 22.7 Å². The maximum atomic E-state index is 10.1. The number of anilines is 3. The van der Waals surface area contributed by atoms with Gasteiger partial charge in [0, 0.05) is 54.1 Å². The van der Waals surface area contributed by atoms with Gasteiger partial charge in [-0.05, 0) is 105 Å². The van der Waals surface area contributed by atoms with Crippen LogP contribution in [0.3, 0.4) is 0 Å². The van der Waals surface area contributed by atoms with Crippen LogP contribution in [0.4, 0.5) is 17.1 Å². The number of rotatable bonds is 5. The van der Waals surface area contributed by atoms with Gasteiger partial charge in [-0.2, -0.15) is 0 Å². The van der Waals surface area contributed by atoms with E-state index in [1.807, 2.05) is 0 Å². The highest BCUT2D eigenvalue weighted by molar-refractivity contribution is 7.99. The zero-order chi connectivity index (χ0) is 72.8. The fraction of sp³-hybridized carbons (Fsp3) is 0.0169. The van der Waals surface area contributed by atoms with Crippen LogP contribution in [-0.4, -0.2) is 0 Å². The quantitative estimate of drug-likeness (QED) is 0.172. The molecule has 1 spiro atoms. The van der Waals surface area contributed by atoms with Crippen molar-refractivity contribution >= 4 is 61.5 Å². The van der Waals surface area contributed by atoms with Crippen LogP contribution in [-0.2, 0) is 5.41 Å². The van der Waals surface area contributed by atoms with Crippen molar-refractivity contribution in [3.8, 4) is 33.8 Å². The molecule has 0 bridgehead atoms. The Kier molecular flexibility index (Phi) is 3.42. The third-order valence-corrected chi connectivity index (χ3v) is 11.5. The molecule has 0 aliphatic carbocycles. The Labute approximate surface area is 420 Å². The van der Waals surface area contributed by atoms with E-state index in [1.54, 1.807) is 0 Å². The monoisotopic (exact) mass is 859 g/mol. The van der Waals surface area contributed by atoms with Crippen molar-refractivity contribution < 1.29 is 58.5 Å². The van der Waals surface area contributed by atoms with Gasteiger partial charge in [-0.15, -0.1) is 0 Å². The first-order valence-corrected chi connectivity index (χ1v) is 19.3. The number of benzene rings is 10. The predicted octanol–water partition coefficient (Wildman–Crippen LogP) is 16.5. The van der Waals surface area contributed by atoms with Gasteiger partial charge >= 0.3 is 0 Å². The summed E-state index contributed by atoms with van der Waals surface area (Å²) in [6.45, 7) is 0. The minimum atomic E-state index is -2.93. The number of fused-ring (bicyclic) bond motifs is 13. The third-order valence-electron chi connectivity index (χ3n) is 10.3. The first kappa shape index (κ1) is 15.2. The van der Waals surface area contributed by atoms with Crippen LogP contribution in [0, 0.1) is 0 Å². The summed E-state index contributed by atoms with van der Waals surface area (Å²) in [4.78, 5) is -0.908. The molecular weight excluding hydrogens is 787 g/mol. The first-order chi connectivity index (χ1) is 46.2. The molecule has 0 N–H and O–H groups in total. The molecule has 4 heteroatoms. The summed E-state index contributed by atoms with van der Waals surface area (Å²) in [6.07, 6.45) is 0. The summed E-state index contributed by atoms with van der Waals surface area (Å²) in [5.74, 6) is -1.60. The van der Waals surface area contributed by atoms with Crippen LogP contribution in [0.5, 0.6) is 11.5 Å². The molecule has 0 fully saturated rings. The Morgan fingerprint density at radius 2 is 1.10 bits per heavy atom. The van der Waals surface area contributed by atoms with E-state index in [0.717, 1.165) is 6.07 Å². The molecule has 63 heavy (non-hydrogen) atoms. The van der Waals surface area contributed by atoms with E-state index in [9.17, 15) is 27.4 Å². The van der Waals surface area contributed by atoms with Gasteiger partial charge in [-0.25, -0.2) is 0 Å². The SMILES string of the molecule is [2H]c1cc2c(c([2H])c1[2H])Oc1c([2H])c([2H])c([2H])c([2H])c1C21c2c([2H])c([2H])c([2H])c([2H])c2Sc2c(-c3c([2H])c([2H])c(N(c4c([2H])c([2H])c(-c5c([2H])c([2H])c([2H])c([2H])c5[2H])c([2H])c4[2H])c4c([2H])c([2H])c5oc6c7c([2H])c([2H])c([2H])c([2H])c7c([2H])c([2H])c6c5c4[2H])c([2H])c3[2H])c([2H])c([2H])c([2H])c21. The number of nitrogens with zero attached hydrogens (tertiary/aromatic N) is 1. The molecule has 11 aromatic rings.